The zero-order chi connectivity index (χ0) is 44.8. The summed E-state index contributed by atoms with van der Waals surface area (Å²) in [5, 5.41) is 24.1. The molecule has 360 valence electrons. The molecule has 0 saturated carbocycles. The Morgan fingerprint density at radius 2 is 0.934 bits per heavy atom. The van der Waals surface area contributed by atoms with Crippen LogP contribution < -0.4 is 11.1 Å². The number of aliphatic hydroxyl groups excluding tert-OH is 2. The van der Waals surface area contributed by atoms with Gasteiger partial charge in [-0.15, -0.1) is 0 Å². The lowest BCUT2D eigenvalue weighted by Crippen LogP contribution is -2.46. The van der Waals surface area contributed by atoms with Crippen LogP contribution in [0.2, 0.25) is 0 Å². The zero-order valence-corrected chi connectivity index (χ0v) is 40.7. The SMILES string of the molecule is CCCCCCCCCCC/C=C\CCCCCCCC(O)CC(=O)NC(COP(=O)(O)OCCN)C(O)/C=C/CC/C=C/CCCCCCCCCCCCCCCCC. The molecule has 61 heavy (non-hydrogen) atoms. The molecule has 4 atom stereocenters. The van der Waals surface area contributed by atoms with E-state index in [-0.39, 0.29) is 19.6 Å². The summed E-state index contributed by atoms with van der Waals surface area (Å²) < 4.78 is 22.2. The van der Waals surface area contributed by atoms with E-state index in [0.717, 1.165) is 44.9 Å². The molecule has 4 unspecified atom stereocenters. The Kier molecular flexibility index (Phi) is 45.7. The second-order valence-corrected chi connectivity index (χ2v) is 19.0. The lowest BCUT2D eigenvalue weighted by Gasteiger charge is -2.24. The Balaban J connectivity index is 4.26. The Morgan fingerprint density at radius 1 is 0.557 bits per heavy atom. The topological polar surface area (TPSA) is 151 Å². The third-order valence-corrected chi connectivity index (χ3v) is 12.5. The molecule has 0 aromatic heterocycles. The second-order valence-electron chi connectivity index (χ2n) is 17.6. The minimum atomic E-state index is -4.41. The lowest BCUT2D eigenvalue weighted by molar-refractivity contribution is -0.124. The van der Waals surface area contributed by atoms with E-state index >= 15 is 0 Å². The number of rotatable bonds is 48. The van der Waals surface area contributed by atoms with Gasteiger partial charge in [-0.1, -0.05) is 217 Å². The van der Waals surface area contributed by atoms with Crippen molar-refractivity contribution in [2.45, 2.75) is 263 Å². The van der Waals surface area contributed by atoms with Gasteiger partial charge in [-0.05, 0) is 57.8 Å². The number of unbranched alkanes of at least 4 members (excludes halogenated alkanes) is 30. The van der Waals surface area contributed by atoms with Crippen LogP contribution in [0.25, 0.3) is 0 Å². The van der Waals surface area contributed by atoms with Crippen LogP contribution in [-0.4, -0.2) is 59.0 Å². The first-order valence-electron chi connectivity index (χ1n) is 25.7. The first-order valence-corrected chi connectivity index (χ1v) is 27.2. The molecular weight excluding hydrogens is 784 g/mol. The summed E-state index contributed by atoms with van der Waals surface area (Å²) in [5.74, 6) is -0.458. The van der Waals surface area contributed by atoms with Gasteiger partial charge in [0.25, 0.3) is 0 Å². The van der Waals surface area contributed by atoms with Crippen molar-refractivity contribution in [1.29, 1.82) is 0 Å². The van der Waals surface area contributed by atoms with Crippen molar-refractivity contribution in [3.05, 3.63) is 36.5 Å². The summed E-state index contributed by atoms with van der Waals surface area (Å²) in [4.78, 5) is 22.8. The van der Waals surface area contributed by atoms with Gasteiger partial charge in [0, 0.05) is 6.54 Å². The minimum Gasteiger partial charge on any atom is -0.393 e. The van der Waals surface area contributed by atoms with Crippen LogP contribution in [0.4, 0.5) is 0 Å². The van der Waals surface area contributed by atoms with Crippen LogP contribution in [0.1, 0.15) is 245 Å². The number of aliphatic hydroxyl groups is 2. The third kappa shape index (κ3) is 45.1. The van der Waals surface area contributed by atoms with Gasteiger partial charge in [0.1, 0.15) is 0 Å². The third-order valence-electron chi connectivity index (χ3n) is 11.5. The lowest BCUT2D eigenvalue weighted by atomic mass is 10.0. The highest BCUT2D eigenvalue weighted by Gasteiger charge is 2.27. The van der Waals surface area contributed by atoms with Crippen molar-refractivity contribution >= 4 is 13.7 Å². The molecule has 6 N–H and O–H groups in total. The fourth-order valence-electron chi connectivity index (χ4n) is 7.60. The second kappa shape index (κ2) is 46.7. The maximum atomic E-state index is 12.9. The van der Waals surface area contributed by atoms with Gasteiger partial charge in [-0.25, -0.2) is 4.57 Å². The average Bonchev–Trinajstić information content (AvgIpc) is 3.24. The van der Waals surface area contributed by atoms with E-state index in [1.165, 1.54) is 167 Å². The predicted molar refractivity (Wildman–Crippen MR) is 260 cm³/mol. The van der Waals surface area contributed by atoms with Crippen LogP contribution in [0, 0.1) is 0 Å². The maximum absolute atomic E-state index is 12.9. The number of phosphoric ester groups is 1. The summed E-state index contributed by atoms with van der Waals surface area (Å²) in [7, 11) is -4.41. The number of carbonyl (C=O) groups excluding carboxylic acids is 1. The number of nitrogens with one attached hydrogen (secondary N) is 1. The Labute approximate surface area is 376 Å². The molecule has 0 aromatic carbocycles. The van der Waals surface area contributed by atoms with Crippen molar-refractivity contribution in [2.75, 3.05) is 19.8 Å². The largest absolute Gasteiger partial charge is 0.472 e. The van der Waals surface area contributed by atoms with E-state index in [1.54, 1.807) is 6.08 Å². The van der Waals surface area contributed by atoms with Crippen LogP contribution in [-0.2, 0) is 18.4 Å². The Bertz CT molecular complexity index is 1070. The number of nitrogens with two attached hydrogens (primary N) is 1. The Morgan fingerprint density at radius 3 is 1.36 bits per heavy atom. The molecule has 10 heteroatoms. The van der Waals surface area contributed by atoms with Crippen molar-refractivity contribution in [3.8, 4) is 0 Å². The zero-order valence-electron chi connectivity index (χ0n) is 39.8. The van der Waals surface area contributed by atoms with Gasteiger partial charge >= 0.3 is 7.82 Å². The predicted octanol–water partition coefficient (Wildman–Crippen LogP) is 14.0. The molecule has 0 aliphatic heterocycles. The van der Waals surface area contributed by atoms with Crippen molar-refractivity contribution in [2.24, 2.45) is 5.73 Å². The van der Waals surface area contributed by atoms with E-state index in [2.05, 4.69) is 43.5 Å². The van der Waals surface area contributed by atoms with E-state index < -0.39 is 38.6 Å². The van der Waals surface area contributed by atoms with Crippen LogP contribution in [0.3, 0.4) is 0 Å². The molecule has 0 aliphatic carbocycles. The summed E-state index contributed by atoms with van der Waals surface area (Å²) >= 11 is 0. The molecule has 0 rings (SSSR count). The summed E-state index contributed by atoms with van der Waals surface area (Å²) in [5.41, 5.74) is 5.38. The summed E-state index contributed by atoms with van der Waals surface area (Å²) in [6.45, 7) is 3.98. The standard InChI is InChI=1S/C51H99N2O7P/c1-3-5-7-9-11-13-15-17-19-21-23-24-25-27-29-31-33-35-37-39-41-43-50(55)49(47-60-61(57,58)59-45-44-52)53-51(56)46-48(54)42-40-38-36-34-32-30-28-26-22-20-18-16-14-12-10-8-6-4-2/h26,28,33,35,41,43,48-50,54-55H,3-25,27,29-32,34,36-40,42,44-47,52H2,1-2H3,(H,53,56)(H,57,58)/b28-26-,35-33+,43-41+. The van der Waals surface area contributed by atoms with Crippen LogP contribution >= 0.6 is 7.82 Å². The van der Waals surface area contributed by atoms with E-state index in [0.29, 0.717) is 12.8 Å². The smallest absolute Gasteiger partial charge is 0.393 e. The summed E-state index contributed by atoms with van der Waals surface area (Å²) in [6.07, 6.45) is 53.8. The fourth-order valence-corrected chi connectivity index (χ4v) is 8.36. The van der Waals surface area contributed by atoms with E-state index in [4.69, 9.17) is 14.8 Å². The molecular formula is C51H99N2O7P. The molecule has 0 radical (unpaired) electrons. The van der Waals surface area contributed by atoms with Crippen molar-refractivity contribution < 1.29 is 33.5 Å². The number of carbonyl (C=O) groups is 1. The average molecular weight is 883 g/mol. The normalized spacial score (nSPS) is 14.7. The van der Waals surface area contributed by atoms with Crippen LogP contribution in [0.5, 0.6) is 0 Å². The molecule has 0 aliphatic rings. The summed E-state index contributed by atoms with van der Waals surface area (Å²) in [6, 6.07) is -1.00. The molecule has 9 nitrogen and oxygen atoms in total. The molecule has 0 spiro atoms. The van der Waals surface area contributed by atoms with Gasteiger partial charge in [0.2, 0.25) is 5.91 Å². The van der Waals surface area contributed by atoms with Gasteiger partial charge in [0.05, 0.1) is 37.9 Å². The molecule has 0 bridgehead atoms. The number of hydrogen-bond acceptors (Lipinski definition) is 7. The molecule has 1 amide bonds. The van der Waals surface area contributed by atoms with Gasteiger partial charge in [-0.3, -0.25) is 13.8 Å². The van der Waals surface area contributed by atoms with E-state index in [1.807, 2.05) is 6.08 Å². The van der Waals surface area contributed by atoms with Gasteiger partial charge in [0.15, 0.2) is 0 Å². The van der Waals surface area contributed by atoms with Crippen molar-refractivity contribution in [3.63, 3.8) is 0 Å². The van der Waals surface area contributed by atoms with Crippen LogP contribution in [0.15, 0.2) is 36.5 Å². The van der Waals surface area contributed by atoms with Gasteiger partial charge in [-0.2, -0.15) is 0 Å². The van der Waals surface area contributed by atoms with Gasteiger partial charge < -0.3 is 26.2 Å². The van der Waals surface area contributed by atoms with E-state index in [9.17, 15) is 24.5 Å². The number of hydrogen-bond donors (Lipinski definition) is 5. The first kappa shape index (κ1) is 59.7. The minimum absolute atomic E-state index is 0.0437. The number of amides is 1. The molecule has 0 aromatic rings. The first-order chi connectivity index (χ1) is 29.8. The molecule has 0 saturated heterocycles. The fraction of sp³-hybridized carbons (Fsp3) is 0.863. The Hall–Kier alpha value is -1.32. The number of phosphoric acid groups is 1. The molecule has 0 fully saturated rings. The quantitative estimate of drug-likeness (QED) is 0.0230. The number of allylic oxidation sites excluding steroid dienone is 5. The highest BCUT2D eigenvalue weighted by atomic mass is 31.2. The monoisotopic (exact) mass is 883 g/mol. The highest BCUT2D eigenvalue weighted by molar-refractivity contribution is 7.47. The highest BCUT2D eigenvalue weighted by Crippen LogP contribution is 2.43. The molecule has 0 heterocycles. The van der Waals surface area contributed by atoms with Crippen molar-refractivity contribution in [1.82, 2.24) is 5.32 Å². The maximum Gasteiger partial charge on any atom is 0.472 e.